The molecule has 1 aromatic heterocycles. The highest BCUT2D eigenvalue weighted by Crippen LogP contribution is 2.32. The molecule has 2 heterocycles. The number of aromatic nitrogens is 1. The monoisotopic (exact) mass is 488 g/mol. The number of oxazole rings is 1. The summed E-state index contributed by atoms with van der Waals surface area (Å²) >= 11 is 0. The topological polar surface area (TPSA) is 64.8 Å². The molecule has 2 aromatic carbocycles. The first-order valence-electron chi connectivity index (χ1n) is 11.5. The minimum absolute atomic E-state index is 0.137. The second kappa shape index (κ2) is 10.9. The third-order valence-corrected chi connectivity index (χ3v) is 6.01. The molecule has 35 heavy (non-hydrogen) atoms. The molecule has 6 nitrogen and oxygen atoms in total. The Morgan fingerprint density at radius 3 is 2.71 bits per heavy atom. The van der Waals surface area contributed by atoms with Crippen LogP contribution in [-0.4, -0.2) is 42.2 Å². The molecule has 1 aliphatic heterocycles. The third-order valence-electron chi connectivity index (χ3n) is 6.01. The van der Waals surface area contributed by atoms with Crippen LogP contribution in [0.3, 0.4) is 0 Å². The normalized spacial score (nSPS) is 16.7. The molecule has 0 spiro atoms. The summed E-state index contributed by atoms with van der Waals surface area (Å²) < 4.78 is 54.9. The summed E-state index contributed by atoms with van der Waals surface area (Å²) in [6, 6.07) is 12.4. The predicted octanol–water partition coefficient (Wildman–Crippen LogP) is 5.51. The molecule has 1 aliphatic rings. The number of methoxy groups -OCH3 is 1. The molecule has 9 heteroatoms. The van der Waals surface area contributed by atoms with Crippen LogP contribution in [0.5, 0.6) is 5.75 Å². The van der Waals surface area contributed by atoms with E-state index in [4.69, 9.17) is 13.9 Å². The van der Waals surface area contributed by atoms with Gasteiger partial charge in [0.25, 0.3) is 0 Å². The van der Waals surface area contributed by atoms with Gasteiger partial charge < -0.3 is 13.9 Å². The Balaban J connectivity index is 1.29. The largest absolute Gasteiger partial charge is 0.493 e. The number of likely N-dealkylation sites (tertiary alicyclic amines) is 1. The fourth-order valence-corrected chi connectivity index (χ4v) is 4.17. The number of benzene rings is 2. The second-order valence-corrected chi connectivity index (χ2v) is 8.47. The molecule has 0 radical (unpaired) electrons. The van der Waals surface area contributed by atoms with Gasteiger partial charge in [0.05, 0.1) is 25.0 Å². The van der Waals surface area contributed by atoms with Gasteiger partial charge in [-0.25, -0.2) is 4.98 Å². The number of carbonyl (C=O) groups is 1. The number of hydrogen-bond donors (Lipinski definition) is 0. The molecule has 0 N–H and O–H groups in total. The third kappa shape index (κ3) is 6.42. The summed E-state index contributed by atoms with van der Waals surface area (Å²) in [6.45, 7) is 1.86. The summed E-state index contributed by atoms with van der Waals surface area (Å²) in [6.07, 6.45) is 0.344. The Hall–Kier alpha value is -3.33. The van der Waals surface area contributed by atoms with Crippen molar-refractivity contribution in [1.29, 1.82) is 0 Å². The molecule has 1 fully saturated rings. The van der Waals surface area contributed by atoms with Crippen LogP contribution < -0.4 is 4.74 Å². The van der Waals surface area contributed by atoms with Gasteiger partial charge in [0.1, 0.15) is 18.1 Å². The van der Waals surface area contributed by atoms with Gasteiger partial charge in [0, 0.05) is 18.5 Å². The van der Waals surface area contributed by atoms with E-state index in [9.17, 15) is 18.0 Å². The van der Waals surface area contributed by atoms with Gasteiger partial charge >= 0.3 is 12.1 Å². The van der Waals surface area contributed by atoms with Crippen molar-refractivity contribution in [3.8, 4) is 17.2 Å². The molecular weight excluding hydrogens is 461 g/mol. The summed E-state index contributed by atoms with van der Waals surface area (Å²) in [5.41, 5.74) is 1.19. The molecule has 1 atom stereocenters. The number of piperidine rings is 1. The quantitative estimate of drug-likeness (QED) is 0.390. The number of nitrogens with zero attached hydrogens (tertiary/aromatic N) is 2. The zero-order valence-corrected chi connectivity index (χ0v) is 19.4. The van der Waals surface area contributed by atoms with E-state index in [1.165, 1.54) is 25.5 Å². The average molecular weight is 489 g/mol. The lowest BCUT2D eigenvalue weighted by molar-refractivity contribution is -0.148. The average Bonchev–Trinajstić information content (AvgIpc) is 3.33. The second-order valence-electron chi connectivity index (χ2n) is 8.47. The number of esters is 1. The van der Waals surface area contributed by atoms with Crippen molar-refractivity contribution in [1.82, 2.24) is 9.88 Å². The van der Waals surface area contributed by atoms with Crippen LogP contribution >= 0.6 is 0 Å². The maximum absolute atomic E-state index is 12.9. The van der Waals surface area contributed by atoms with Gasteiger partial charge in [-0.15, -0.1) is 0 Å². The van der Waals surface area contributed by atoms with Crippen LogP contribution in [-0.2, 0) is 28.7 Å². The van der Waals surface area contributed by atoms with Gasteiger partial charge in [0.15, 0.2) is 0 Å². The van der Waals surface area contributed by atoms with Crippen LogP contribution in [0, 0.1) is 0 Å². The fourth-order valence-electron chi connectivity index (χ4n) is 4.17. The highest BCUT2D eigenvalue weighted by atomic mass is 19.4. The number of carbonyl (C=O) groups excluding carboxylic acids is 1. The molecular formula is C26H27F3N2O4. The Bertz CT molecular complexity index is 1130. The van der Waals surface area contributed by atoms with Crippen molar-refractivity contribution in [3.63, 3.8) is 0 Å². The van der Waals surface area contributed by atoms with Crippen molar-refractivity contribution in [3.05, 3.63) is 71.6 Å². The van der Waals surface area contributed by atoms with Crippen molar-refractivity contribution < 1.29 is 31.9 Å². The first kappa shape index (κ1) is 24.8. The predicted molar refractivity (Wildman–Crippen MR) is 123 cm³/mol. The van der Waals surface area contributed by atoms with E-state index in [0.717, 1.165) is 43.5 Å². The van der Waals surface area contributed by atoms with Crippen LogP contribution in [0.15, 0.2) is 59.2 Å². The molecule has 0 saturated carbocycles. The van der Waals surface area contributed by atoms with Gasteiger partial charge in [-0.3, -0.25) is 9.69 Å². The lowest BCUT2D eigenvalue weighted by Gasteiger charge is -2.33. The smallest absolute Gasteiger partial charge is 0.416 e. The van der Waals surface area contributed by atoms with E-state index < -0.39 is 11.7 Å². The SMILES string of the molecule is COC(=O)C1CCCCN1Cc1ccc(OCCc2coc(-c3cccc(C(F)(F)F)c3)n2)cc1. The van der Waals surface area contributed by atoms with E-state index in [-0.39, 0.29) is 23.5 Å². The number of rotatable bonds is 8. The van der Waals surface area contributed by atoms with Crippen molar-refractivity contribution in [2.75, 3.05) is 20.3 Å². The van der Waals surface area contributed by atoms with Gasteiger partial charge in [-0.1, -0.05) is 24.6 Å². The summed E-state index contributed by atoms with van der Waals surface area (Å²) in [5.74, 6) is 0.644. The number of ether oxygens (including phenoxy) is 2. The van der Waals surface area contributed by atoms with Crippen molar-refractivity contribution in [2.45, 2.75) is 44.4 Å². The molecule has 0 aliphatic carbocycles. The molecule has 4 rings (SSSR count). The maximum atomic E-state index is 12.9. The van der Waals surface area contributed by atoms with Crippen LogP contribution in [0.4, 0.5) is 13.2 Å². The highest BCUT2D eigenvalue weighted by molar-refractivity contribution is 5.75. The molecule has 0 bridgehead atoms. The minimum Gasteiger partial charge on any atom is -0.493 e. The van der Waals surface area contributed by atoms with Gasteiger partial charge in [-0.05, 0) is 55.3 Å². The number of alkyl halides is 3. The lowest BCUT2D eigenvalue weighted by atomic mass is 10.0. The minimum atomic E-state index is -4.42. The van der Waals surface area contributed by atoms with Crippen LogP contribution in [0.1, 0.15) is 36.1 Å². The van der Waals surface area contributed by atoms with Crippen molar-refractivity contribution >= 4 is 5.97 Å². The summed E-state index contributed by atoms with van der Waals surface area (Å²) in [4.78, 5) is 18.5. The lowest BCUT2D eigenvalue weighted by Crippen LogP contribution is -2.44. The van der Waals surface area contributed by atoms with Gasteiger partial charge in [-0.2, -0.15) is 13.2 Å². The Kier molecular flexibility index (Phi) is 7.75. The van der Waals surface area contributed by atoms with Crippen LogP contribution in [0.2, 0.25) is 0 Å². The van der Waals surface area contributed by atoms with Crippen LogP contribution in [0.25, 0.3) is 11.5 Å². The molecule has 3 aromatic rings. The van der Waals surface area contributed by atoms with Crippen molar-refractivity contribution in [2.24, 2.45) is 0 Å². The molecule has 0 amide bonds. The zero-order valence-electron chi connectivity index (χ0n) is 19.4. The number of halogens is 3. The molecule has 1 saturated heterocycles. The Labute approximate surface area is 201 Å². The first-order chi connectivity index (χ1) is 16.8. The standard InChI is InChI=1S/C26H27F3N2O4/c1-33-25(32)23-7-2-3-13-31(23)16-18-8-10-22(11-9-18)34-14-12-21-17-35-24(30-21)19-5-4-6-20(15-19)26(27,28)29/h4-6,8-11,15,17,23H,2-3,7,12-14,16H2,1H3. The first-order valence-corrected chi connectivity index (χ1v) is 11.5. The van der Waals surface area contributed by atoms with E-state index in [1.807, 2.05) is 24.3 Å². The van der Waals surface area contributed by atoms with Gasteiger partial charge in [0.2, 0.25) is 5.89 Å². The highest BCUT2D eigenvalue weighted by Gasteiger charge is 2.31. The summed E-state index contributed by atoms with van der Waals surface area (Å²) in [5, 5.41) is 0. The van der Waals surface area contributed by atoms with E-state index in [0.29, 0.717) is 31.0 Å². The molecule has 1 unspecified atom stereocenters. The molecule has 186 valence electrons. The van der Waals surface area contributed by atoms with E-state index in [1.54, 1.807) is 0 Å². The Morgan fingerprint density at radius 2 is 1.97 bits per heavy atom. The van der Waals surface area contributed by atoms with E-state index >= 15 is 0 Å². The zero-order chi connectivity index (χ0) is 24.8. The maximum Gasteiger partial charge on any atom is 0.416 e. The van der Waals surface area contributed by atoms with E-state index in [2.05, 4.69) is 9.88 Å². The fraction of sp³-hybridized carbons (Fsp3) is 0.385. The Morgan fingerprint density at radius 1 is 1.17 bits per heavy atom. The number of hydrogen-bond acceptors (Lipinski definition) is 6. The summed E-state index contributed by atoms with van der Waals surface area (Å²) in [7, 11) is 1.42.